The monoisotopic (exact) mass is 164 g/mol. The van der Waals surface area contributed by atoms with Crippen molar-refractivity contribution in [1.82, 2.24) is 0 Å². The van der Waals surface area contributed by atoms with Crippen LogP contribution in [0, 0.1) is 0 Å². The molecule has 0 aliphatic carbocycles. The Morgan fingerprint density at radius 1 is 1.36 bits per heavy atom. The summed E-state index contributed by atoms with van der Waals surface area (Å²) in [6.45, 7) is 1.93. The predicted molar refractivity (Wildman–Crippen MR) is 40.2 cm³/mol. The van der Waals surface area contributed by atoms with Crippen LogP contribution in [0.25, 0.3) is 0 Å². The molecule has 0 rings (SSSR count). The second-order valence-electron chi connectivity index (χ2n) is 2.26. The molecule has 0 bridgehead atoms. The zero-order chi connectivity index (χ0) is 8.69. The molecule has 0 aliphatic rings. The van der Waals surface area contributed by atoms with Gasteiger partial charge >= 0.3 is 0 Å². The Bertz CT molecular complexity index is 86.5. The Kier molecular flexibility index (Phi) is 6.45. The van der Waals surface area contributed by atoms with E-state index in [1.165, 1.54) is 0 Å². The fraction of sp³-hybridized carbons (Fsp3) is 1.00. The van der Waals surface area contributed by atoms with Crippen molar-refractivity contribution in [1.29, 1.82) is 0 Å². The van der Waals surface area contributed by atoms with E-state index in [0.717, 1.165) is 0 Å². The van der Waals surface area contributed by atoms with Crippen molar-refractivity contribution in [3.8, 4) is 0 Å². The Labute approximate surface area is 66.4 Å². The Morgan fingerprint density at radius 3 is 2.36 bits per heavy atom. The average molecular weight is 164 g/mol. The van der Waals surface area contributed by atoms with Gasteiger partial charge in [0.05, 0.1) is 12.7 Å². The third-order valence-electron chi connectivity index (χ3n) is 1.41. The molecular weight excluding hydrogens is 148 g/mol. The van der Waals surface area contributed by atoms with Crippen LogP contribution in [0.15, 0.2) is 0 Å². The molecule has 4 heteroatoms. The summed E-state index contributed by atoms with van der Waals surface area (Å²) in [6, 6.07) is 0. The lowest BCUT2D eigenvalue weighted by Gasteiger charge is -2.19. The molecule has 0 aromatic carbocycles. The second-order valence-corrected chi connectivity index (χ2v) is 2.26. The fourth-order valence-electron chi connectivity index (χ4n) is 0.818. The van der Waals surface area contributed by atoms with Crippen LogP contribution in [0.3, 0.4) is 0 Å². The van der Waals surface area contributed by atoms with E-state index >= 15 is 0 Å². The van der Waals surface area contributed by atoms with E-state index in [0.29, 0.717) is 6.61 Å². The minimum absolute atomic E-state index is 0.0925. The van der Waals surface area contributed by atoms with Crippen LogP contribution in [-0.2, 0) is 4.74 Å². The molecule has 0 aliphatic heterocycles. The zero-order valence-electron chi connectivity index (χ0n) is 6.73. The Morgan fingerprint density at radius 2 is 2.00 bits per heavy atom. The van der Waals surface area contributed by atoms with E-state index in [1.807, 2.05) is 0 Å². The predicted octanol–water partition coefficient (Wildman–Crippen LogP) is -0.873. The van der Waals surface area contributed by atoms with Gasteiger partial charge in [-0.2, -0.15) is 0 Å². The molecule has 3 N–H and O–H groups in total. The standard InChI is InChI=1S/C7H16O4/c1-2-11-7(5-9)6(10)3-4-8/h6-10H,2-5H2,1H3/t6?,7-/m1/s1. The normalized spacial score (nSPS) is 16.4. The lowest BCUT2D eigenvalue weighted by Crippen LogP contribution is -2.33. The van der Waals surface area contributed by atoms with Crippen LogP contribution >= 0.6 is 0 Å². The van der Waals surface area contributed by atoms with Crippen molar-refractivity contribution in [2.24, 2.45) is 0 Å². The fourth-order valence-corrected chi connectivity index (χ4v) is 0.818. The van der Waals surface area contributed by atoms with Gasteiger partial charge in [-0.25, -0.2) is 0 Å². The summed E-state index contributed by atoms with van der Waals surface area (Å²) < 4.78 is 4.99. The van der Waals surface area contributed by atoms with Gasteiger partial charge in [0.1, 0.15) is 6.10 Å². The molecule has 0 aromatic heterocycles. The second kappa shape index (κ2) is 6.54. The zero-order valence-corrected chi connectivity index (χ0v) is 6.73. The first-order valence-electron chi connectivity index (χ1n) is 3.77. The third kappa shape index (κ3) is 4.31. The van der Waals surface area contributed by atoms with Gasteiger partial charge in [0, 0.05) is 13.2 Å². The number of ether oxygens (including phenoxy) is 1. The highest BCUT2D eigenvalue weighted by Crippen LogP contribution is 2.02. The molecule has 2 atom stereocenters. The first kappa shape index (κ1) is 10.8. The van der Waals surface area contributed by atoms with Gasteiger partial charge in [0.2, 0.25) is 0 Å². The highest BCUT2D eigenvalue weighted by molar-refractivity contribution is 4.67. The molecule has 0 heterocycles. The Balaban J connectivity index is 3.61. The number of rotatable bonds is 6. The largest absolute Gasteiger partial charge is 0.396 e. The lowest BCUT2D eigenvalue weighted by atomic mass is 10.1. The SMILES string of the molecule is CCO[C@H](CO)C(O)CCO. The summed E-state index contributed by atoms with van der Waals surface area (Å²) in [5, 5.41) is 26.3. The first-order chi connectivity index (χ1) is 5.26. The maximum absolute atomic E-state index is 9.20. The average Bonchev–Trinajstić information content (AvgIpc) is 2.00. The van der Waals surface area contributed by atoms with Crippen LogP contribution in [0.1, 0.15) is 13.3 Å². The van der Waals surface area contributed by atoms with Crippen LogP contribution in [0.5, 0.6) is 0 Å². The van der Waals surface area contributed by atoms with Crippen LogP contribution < -0.4 is 0 Å². The molecule has 0 fully saturated rings. The van der Waals surface area contributed by atoms with Crippen molar-refractivity contribution >= 4 is 0 Å². The van der Waals surface area contributed by atoms with Gasteiger partial charge in [-0.15, -0.1) is 0 Å². The van der Waals surface area contributed by atoms with E-state index in [1.54, 1.807) is 6.92 Å². The van der Waals surface area contributed by atoms with E-state index in [9.17, 15) is 5.11 Å². The minimum Gasteiger partial charge on any atom is -0.396 e. The minimum atomic E-state index is -0.773. The van der Waals surface area contributed by atoms with Gasteiger partial charge in [-0.3, -0.25) is 0 Å². The van der Waals surface area contributed by atoms with Crippen molar-refractivity contribution < 1.29 is 20.1 Å². The number of hydrogen-bond acceptors (Lipinski definition) is 4. The van der Waals surface area contributed by atoms with Crippen LogP contribution in [0.4, 0.5) is 0 Å². The van der Waals surface area contributed by atoms with Gasteiger partial charge in [-0.05, 0) is 13.3 Å². The number of aliphatic hydroxyl groups is 3. The quantitative estimate of drug-likeness (QED) is 0.477. The summed E-state index contributed by atoms with van der Waals surface area (Å²) in [5.74, 6) is 0. The summed E-state index contributed by atoms with van der Waals surface area (Å²) in [5.41, 5.74) is 0. The summed E-state index contributed by atoms with van der Waals surface area (Å²) in [4.78, 5) is 0. The topological polar surface area (TPSA) is 69.9 Å². The molecule has 0 saturated carbocycles. The maximum Gasteiger partial charge on any atom is 0.106 e. The molecule has 4 nitrogen and oxygen atoms in total. The molecule has 0 spiro atoms. The number of aliphatic hydroxyl groups excluding tert-OH is 3. The van der Waals surface area contributed by atoms with Crippen molar-refractivity contribution in [3.05, 3.63) is 0 Å². The van der Waals surface area contributed by atoms with Crippen LogP contribution in [-0.4, -0.2) is 47.3 Å². The molecule has 0 radical (unpaired) electrons. The third-order valence-corrected chi connectivity index (χ3v) is 1.41. The van der Waals surface area contributed by atoms with E-state index in [4.69, 9.17) is 14.9 Å². The van der Waals surface area contributed by atoms with Gasteiger partial charge in [0.15, 0.2) is 0 Å². The molecule has 68 valence electrons. The van der Waals surface area contributed by atoms with E-state index in [-0.39, 0.29) is 19.6 Å². The first-order valence-corrected chi connectivity index (χ1v) is 3.77. The molecular formula is C7H16O4. The Hall–Kier alpha value is -0.160. The highest BCUT2D eigenvalue weighted by Gasteiger charge is 2.17. The summed E-state index contributed by atoms with van der Waals surface area (Å²) >= 11 is 0. The van der Waals surface area contributed by atoms with Gasteiger partial charge in [-0.1, -0.05) is 0 Å². The van der Waals surface area contributed by atoms with E-state index < -0.39 is 12.2 Å². The summed E-state index contributed by atoms with van der Waals surface area (Å²) in [6.07, 6.45) is -1.09. The van der Waals surface area contributed by atoms with E-state index in [2.05, 4.69) is 0 Å². The van der Waals surface area contributed by atoms with Crippen molar-refractivity contribution in [2.75, 3.05) is 19.8 Å². The maximum atomic E-state index is 9.20. The van der Waals surface area contributed by atoms with Gasteiger partial charge < -0.3 is 20.1 Å². The highest BCUT2D eigenvalue weighted by atomic mass is 16.5. The van der Waals surface area contributed by atoms with Gasteiger partial charge in [0.25, 0.3) is 0 Å². The molecule has 11 heavy (non-hydrogen) atoms. The van der Waals surface area contributed by atoms with Crippen LogP contribution in [0.2, 0.25) is 0 Å². The summed E-state index contributed by atoms with van der Waals surface area (Å²) in [7, 11) is 0. The smallest absolute Gasteiger partial charge is 0.106 e. The lowest BCUT2D eigenvalue weighted by molar-refractivity contribution is -0.0654. The van der Waals surface area contributed by atoms with Crippen molar-refractivity contribution in [2.45, 2.75) is 25.6 Å². The molecule has 0 amide bonds. The van der Waals surface area contributed by atoms with Crippen molar-refractivity contribution in [3.63, 3.8) is 0 Å². The molecule has 1 unspecified atom stereocenters. The molecule has 0 saturated heterocycles. The number of hydrogen-bond donors (Lipinski definition) is 3. The molecule has 0 aromatic rings.